The number of piperazine rings is 1. The number of allylic oxidation sites excluding steroid dienone is 1. The molecule has 1 heterocycles. The number of halogens is 4. The van der Waals surface area contributed by atoms with Gasteiger partial charge in [-0.05, 0) is 24.5 Å². The summed E-state index contributed by atoms with van der Waals surface area (Å²) in [6.45, 7) is 7.98. The van der Waals surface area contributed by atoms with Crippen molar-refractivity contribution in [2.45, 2.75) is 18.9 Å². The molecule has 0 aromatic heterocycles. The molecular weight excluding hydrogens is 350 g/mol. The van der Waals surface area contributed by atoms with Gasteiger partial charge in [0.2, 0.25) is 0 Å². The summed E-state index contributed by atoms with van der Waals surface area (Å²) in [5.41, 5.74) is 1.14. The number of nitrogens with one attached hydrogen (secondary N) is 1. The zero-order valence-electron chi connectivity index (χ0n) is 11.9. The first-order valence-corrected chi connectivity index (χ1v) is 7.49. The normalized spacial score (nSPS) is 16.5. The average Bonchev–Trinajstić information content (AvgIpc) is 2.45. The number of benzene rings is 1. The van der Waals surface area contributed by atoms with Crippen molar-refractivity contribution in [1.82, 2.24) is 10.2 Å². The second kappa shape index (κ2) is 10.7. The van der Waals surface area contributed by atoms with E-state index in [1.807, 2.05) is 18.2 Å². The molecule has 0 saturated carbocycles. The maximum Gasteiger partial charge on any atom is 0.0640 e. The molecule has 1 N–H and O–H groups in total. The fourth-order valence-corrected chi connectivity index (χ4v) is 3.02. The largest absolute Gasteiger partial charge is 0.314 e. The molecule has 1 saturated heterocycles. The van der Waals surface area contributed by atoms with Crippen LogP contribution in [0.15, 0.2) is 30.9 Å². The summed E-state index contributed by atoms with van der Waals surface area (Å²) in [4.78, 5) is 2.48. The van der Waals surface area contributed by atoms with Crippen LogP contribution >= 0.6 is 48.0 Å². The number of nitrogens with zero attached hydrogens (tertiary/aromatic N) is 1. The SMILES string of the molecule is C=CCC[C@@H](c1cccc(Cl)c1Cl)N1CCNCC1.Cl.Cl. The van der Waals surface area contributed by atoms with Crippen LogP contribution in [0.4, 0.5) is 0 Å². The molecule has 2 nitrogen and oxygen atoms in total. The quantitative estimate of drug-likeness (QED) is 0.751. The Morgan fingerprint density at radius 2 is 1.90 bits per heavy atom. The smallest absolute Gasteiger partial charge is 0.0640 e. The topological polar surface area (TPSA) is 15.3 Å². The fraction of sp³-hybridized carbons (Fsp3) is 0.467. The Morgan fingerprint density at radius 1 is 1.24 bits per heavy atom. The van der Waals surface area contributed by atoms with E-state index < -0.39 is 0 Å². The summed E-state index contributed by atoms with van der Waals surface area (Å²) < 4.78 is 0. The molecule has 2 rings (SSSR count). The molecule has 0 amide bonds. The van der Waals surface area contributed by atoms with Gasteiger partial charge in [0.15, 0.2) is 0 Å². The Kier molecular flexibility index (Phi) is 10.7. The van der Waals surface area contributed by atoms with Gasteiger partial charge in [0.25, 0.3) is 0 Å². The van der Waals surface area contributed by atoms with Crippen molar-refractivity contribution in [3.8, 4) is 0 Å². The lowest BCUT2D eigenvalue weighted by Gasteiger charge is -2.35. The van der Waals surface area contributed by atoms with E-state index in [1.165, 1.54) is 0 Å². The first kappa shape index (κ1) is 21.0. The van der Waals surface area contributed by atoms with Gasteiger partial charge in [0.1, 0.15) is 0 Å². The third kappa shape index (κ3) is 5.63. The van der Waals surface area contributed by atoms with Crippen LogP contribution < -0.4 is 5.32 Å². The highest BCUT2D eigenvalue weighted by atomic mass is 35.5. The van der Waals surface area contributed by atoms with Gasteiger partial charge in [-0.3, -0.25) is 4.90 Å². The predicted octanol–water partition coefficient (Wildman–Crippen LogP) is 4.75. The molecular formula is C15H22Cl4N2. The monoisotopic (exact) mass is 370 g/mol. The first-order valence-electron chi connectivity index (χ1n) is 6.73. The summed E-state index contributed by atoms with van der Waals surface area (Å²) in [7, 11) is 0. The zero-order valence-corrected chi connectivity index (χ0v) is 15.0. The maximum atomic E-state index is 6.39. The second-order valence-electron chi connectivity index (χ2n) is 4.81. The molecule has 0 unspecified atom stereocenters. The number of hydrogen-bond donors (Lipinski definition) is 1. The zero-order chi connectivity index (χ0) is 13.7. The summed E-state index contributed by atoms with van der Waals surface area (Å²) in [6, 6.07) is 6.23. The minimum Gasteiger partial charge on any atom is -0.314 e. The Bertz CT molecular complexity index is 434. The Hall–Kier alpha value is 0.0400. The van der Waals surface area contributed by atoms with Crippen molar-refractivity contribution in [3.05, 3.63) is 46.5 Å². The maximum absolute atomic E-state index is 6.39. The second-order valence-corrected chi connectivity index (χ2v) is 5.60. The van der Waals surface area contributed by atoms with Gasteiger partial charge in [0.05, 0.1) is 10.0 Å². The molecule has 21 heavy (non-hydrogen) atoms. The molecule has 0 radical (unpaired) electrons. The minimum absolute atomic E-state index is 0. The standard InChI is InChI=1S/C15H20Cl2N2.2ClH/c1-2-3-7-14(19-10-8-18-9-11-19)12-5-4-6-13(16)15(12)17;;/h2,4-6,14,18H,1,3,7-11H2;2*1H/t14-;;/m0../s1. The van der Waals surface area contributed by atoms with Crippen molar-refractivity contribution in [1.29, 1.82) is 0 Å². The van der Waals surface area contributed by atoms with Crippen LogP contribution in [0.2, 0.25) is 10.0 Å². The molecule has 1 atom stereocenters. The first-order chi connectivity index (χ1) is 9.24. The van der Waals surface area contributed by atoms with E-state index in [4.69, 9.17) is 23.2 Å². The summed E-state index contributed by atoms with van der Waals surface area (Å²) in [5.74, 6) is 0. The van der Waals surface area contributed by atoms with Gasteiger partial charge >= 0.3 is 0 Å². The van der Waals surface area contributed by atoms with Crippen LogP contribution in [-0.2, 0) is 0 Å². The van der Waals surface area contributed by atoms with Gasteiger partial charge in [0, 0.05) is 32.2 Å². The molecule has 0 aliphatic carbocycles. The fourth-order valence-electron chi connectivity index (χ4n) is 2.58. The van der Waals surface area contributed by atoms with Crippen LogP contribution in [0.5, 0.6) is 0 Å². The van der Waals surface area contributed by atoms with Gasteiger partial charge < -0.3 is 5.32 Å². The van der Waals surface area contributed by atoms with E-state index >= 15 is 0 Å². The molecule has 0 spiro atoms. The van der Waals surface area contributed by atoms with Gasteiger partial charge in [-0.15, -0.1) is 31.4 Å². The number of hydrogen-bond acceptors (Lipinski definition) is 2. The lowest BCUT2D eigenvalue weighted by Crippen LogP contribution is -2.45. The van der Waals surface area contributed by atoms with Crippen LogP contribution in [0.1, 0.15) is 24.4 Å². The summed E-state index contributed by atoms with van der Waals surface area (Å²) in [6.07, 6.45) is 3.98. The Balaban J connectivity index is 0.00000200. The third-order valence-electron chi connectivity index (χ3n) is 3.58. The highest BCUT2D eigenvalue weighted by molar-refractivity contribution is 6.42. The van der Waals surface area contributed by atoms with E-state index in [9.17, 15) is 0 Å². The van der Waals surface area contributed by atoms with Crippen molar-refractivity contribution in [2.24, 2.45) is 0 Å². The van der Waals surface area contributed by atoms with Crippen LogP contribution in [0.3, 0.4) is 0 Å². The molecule has 0 bridgehead atoms. The van der Waals surface area contributed by atoms with Gasteiger partial charge in [-0.1, -0.05) is 41.4 Å². The highest BCUT2D eigenvalue weighted by Gasteiger charge is 2.23. The Morgan fingerprint density at radius 3 is 2.52 bits per heavy atom. The average molecular weight is 372 g/mol. The summed E-state index contributed by atoms with van der Waals surface area (Å²) >= 11 is 12.5. The molecule has 1 aromatic carbocycles. The van der Waals surface area contributed by atoms with Crippen LogP contribution in [0.25, 0.3) is 0 Å². The predicted molar refractivity (Wildman–Crippen MR) is 97.6 cm³/mol. The molecule has 6 heteroatoms. The van der Waals surface area contributed by atoms with Crippen molar-refractivity contribution in [3.63, 3.8) is 0 Å². The molecule has 1 aliphatic heterocycles. The molecule has 1 aliphatic rings. The van der Waals surface area contributed by atoms with Crippen molar-refractivity contribution >= 4 is 48.0 Å². The van der Waals surface area contributed by atoms with E-state index in [0.29, 0.717) is 16.1 Å². The van der Waals surface area contributed by atoms with Crippen molar-refractivity contribution < 1.29 is 0 Å². The van der Waals surface area contributed by atoms with E-state index in [2.05, 4.69) is 22.9 Å². The van der Waals surface area contributed by atoms with Gasteiger partial charge in [-0.25, -0.2) is 0 Å². The van der Waals surface area contributed by atoms with Crippen molar-refractivity contribution in [2.75, 3.05) is 26.2 Å². The summed E-state index contributed by atoms with van der Waals surface area (Å²) in [5, 5.41) is 4.71. The van der Waals surface area contributed by atoms with E-state index in [0.717, 1.165) is 44.6 Å². The van der Waals surface area contributed by atoms with Crippen LogP contribution in [-0.4, -0.2) is 31.1 Å². The molecule has 1 aromatic rings. The molecule has 120 valence electrons. The molecule has 1 fully saturated rings. The lowest BCUT2D eigenvalue weighted by molar-refractivity contribution is 0.166. The van der Waals surface area contributed by atoms with Crippen LogP contribution in [0, 0.1) is 0 Å². The van der Waals surface area contributed by atoms with E-state index in [-0.39, 0.29) is 24.8 Å². The third-order valence-corrected chi connectivity index (χ3v) is 4.41. The Labute approximate surface area is 149 Å². The highest BCUT2D eigenvalue weighted by Crippen LogP contribution is 2.35. The minimum atomic E-state index is 0. The van der Waals surface area contributed by atoms with E-state index in [1.54, 1.807) is 0 Å². The number of rotatable bonds is 5. The lowest BCUT2D eigenvalue weighted by atomic mass is 9.99. The van der Waals surface area contributed by atoms with Gasteiger partial charge in [-0.2, -0.15) is 0 Å².